The number of likely N-dealkylation sites (N-methyl/N-ethyl adjacent to an activating group) is 1. The first-order valence-corrected chi connectivity index (χ1v) is 14.1. The number of anilines is 1. The normalized spacial score (nSPS) is 12.1. The van der Waals surface area contributed by atoms with Crippen molar-refractivity contribution in [2.45, 2.75) is 58.5 Å². The Morgan fingerprint density at radius 3 is 2.08 bits per heavy atom. The topological polar surface area (TPSA) is 86.8 Å². The third kappa shape index (κ3) is 6.61. The second kappa shape index (κ2) is 12.3. The van der Waals surface area contributed by atoms with Gasteiger partial charge in [-0.1, -0.05) is 72.1 Å². The van der Waals surface area contributed by atoms with Crippen LogP contribution in [0, 0.1) is 27.7 Å². The molecule has 3 aromatic carbocycles. The van der Waals surface area contributed by atoms with Crippen molar-refractivity contribution in [2.75, 3.05) is 17.9 Å². The van der Waals surface area contributed by atoms with Crippen LogP contribution in [0.2, 0.25) is 0 Å². The number of carbonyl (C=O) groups excluding carboxylic acids is 2. The fourth-order valence-corrected chi connectivity index (χ4v) is 6.01. The molecular formula is C30H37N3O4S. The molecule has 7 nitrogen and oxygen atoms in total. The number of nitrogens with one attached hydrogen (secondary N) is 1. The second-order valence-corrected chi connectivity index (χ2v) is 11.5. The van der Waals surface area contributed by atoms with Gasteiger partial charge in [-0.25, -0.2) is 8.42 Å². The Hall–Kier alpha value is -3.65. The molecule has 1 atom stereocenters. The molecule has 8 heteroatoms. The molecule has 0 aliphatic heterocycles. The number of aryl methyl sites for hydroxylation is 4. The SMILES string of the molecule is CCC(C(=O)NC)N(Cc1cccc(C)c1)C(=O)CN(c1ccc(C)cc1C)S(=O)(=O)c1ccc(C)cc1. The predicted molar refractivity (Wildman–Crippen MR) is 152 cm³/mol. The number of carbonyl (C=O) groups is 2. The standard InChI is InChI=1S/C30H37N3O4S/c1-7-27(30(35)31-6)32(19-25-10-8-9-22(3)18-25)29(34)20-33(28-16-13-23(4)17-24(28)5)38(36,37)26-14-11-21(2)12-15-26/h8-18,27H,7,19-20H2,1-6H3,(H,31,35). The minimum absolute atomic E-state index is 0.0967. The highest BCUT2D eigenvalue weighted by Crippen LogP contribution is 2.28. The van der Waals surface area contributed by atoms with Crippen molar-refractivity contribution < 1.29 is 18.0 Å². The van der Waals surface area contributed by atoms with Gasteiger partial charge in [-0.15, -0.1) is 0 Å². The van der Waals surface area contributed by atoms with Crippen molar-refractivity contribution >= 4 is 27.5 Å². The Morgan fingerprint density at radius 1 is 0.868 bits per heavy atom. The highest BCUT2D eigenvalue weighted by atomic mass is 32.2. The largest absolute Gasteiger partial charge is 0.357 e. The average Bonchev–Trinajstić information content (AvgIpc) is 2.87. The maximum atomic E-state index is 14.0. The lowest BCUT2D eigenvalue weighted by Gasteiger charge is -2.33. The molecule has 0 saturated heterocycles. The van der Waals surface area contributed by atoms with Crippen LogP contribution in [0.5, 0.6) is 0 Å². The van der Waals surface area contributed by atoms with E-state index < -0.39 is 28.5 Å². The zero-order valence-corrected chi connectivity index (χ0v) is 23.8. The Labute approximate surface area is 226 Å². The van der Waals surface area contributed by atoms with Gasteiger partial charge in [0.15, 0.2) is 0 Å². The lowest BCUT2D eigenvalue weighted by Crippen LogP contribution is -2.51. The summed E-state index contributed by atoms with van der Waals surface area (Å²) in [5, 5.41) is 2.65. The molecule has 0 radical (unpaired) electrons. The fraction of sp³-hybridized carbons (Fsp3) is 0.333. The summed E-state index contributed by atoms with van der Waals surface area (Å²) in [6, 6.07) is 19.0. The molecule has 2 amide bonds. The third-order valence-corrected chi connectivity index (χ3v) is 8.35. The van der Waals surface area contributed by atoms with E-state index in [9.17, 15) is 18.0 Å². The van der Waals surface area contributed by atoms with E-state index in [2.05, 4.69) is 5.32 Å². The molecule has 0 fully saturated rings. The lowest BCUT2D eigenvalue weighted by atomic mass is 10.1. The van der Waals surface area contributed by atoms with Gasteiger partial charge in [0, 0.05) is 13.6 Å². The number of benzene rings is 3. The van der Waals surface area contributed by atoms with Crippen molar-refractivity contribution in [3.8, 4) is 0 Å². The Bertz CT molecular complexity index is 1400. The number of hydrogen-bond donors (Lipinski definition) is 1. The van der Waals surface area contributed by atoms with Gasteiger partial charge in [-0.2, -0.15) is 0 Å². The fourth-order valence-electron chi connectivity index (χ4n) is 4.53. The molecule has 0 spiro atoms. The van der Waals surface area contributed by atoms with E-state index in [1.165, 1.54) is 11.9 Å². The van der Waals surface area contributed by atoms with E-state index in [1.807, 2.05) is 71.0 Å². The summed E-state index contributed by atoms with van der Waals surface area (Å²) in [4.78, 5) is 28.4. The van der Waals surface area contributed by atoms with Crippen LogP contribution >= 0.6 is 0 Å². The van der Waals surface area contributed by atoms with Gasteiger partial charge in [-0.3, -0.25) is 13.9 Å². The van der Waals surface area contributed by atoms with Crippen molar-refractivity contribution in [1.29, 1.82) is 0 Å². The van der Waals surface area contributed by atoms with Gasteiger partial charge < -0.3 is 10.2 Å². The van der Waals surface area contributed by atoms with E-state index in [4.69, 9.17) is 0 Å². The Morgan fingerprint density at radius 2 is 1.50 bits per heavy atom. The summed E-state index contributed by atoms with van der Waals surface area (Å²) < 4.78 is 29.1. The van der Waals surface area contributed by atoms with Crippen LogP contribution in [0.4, 0.5) is 5.69 Å². The van der Waals surface area contributed by atoms with Crippen molar-refractivity contribution in [1.82, 2.24) is 10.2 Å². The second-order valence-electron chi connectivity index (χ2n) is 9.66. The Kier molecular flexibility index (Phi) is 9.33. The van der Waals surface area contributed by atoms with Gasteiger partial charge in [0.05, 0.1) is 10.6 Å². The zero-order valence-electron chi connectivity index (χ0n) is 23.0. The maximum Gasteiger partial charge on any atom is 0.264 e. The quantitative estimate of drug-likeness (QED) is 0.409. The molecule has 0 bridgehead atoms. The van der Waals surface area contributed by atoms with Crippen LogP contribution < -0.4 is 9.62 Å². The zero-order chi connectivity index (χ0) is 28.0. The summed E-state index contributed by atoms with van der Waals surface area (Å²) in [7, 11) is -2.56. The molecule has 3 aromatic rings. The van der Waals surface area contributed by atoms with Gasteiger partial charge in [0.1, 0.15) is 12.6 Å². The van der Waals surface area contributed by atoms with Crippen LogP contribution in [0.25, 0.3) is 0 Å². The van der Waals surface area contributed by atoms with Crippen LogP contribution in [0.3, 0.4) is 0 Å². The molecular weight excluding hydrogens is 498 g/mol. The van der Waals surface area contributed by atoms with Gasteiger partial charge >= 0.3 is 0 Å². The molecule has 202 valence electrons. The van der Waals surface area contributed by atoms with Crippen molar-refractivity contribution in [2.24, 2.45) is 0 Å². The first kappa shape index (κ1) is 28.9. The van der Waals surface area contributed by atoms with Gasteiger partial charge in [0.2, 0.25) is 11.8 Å². The van der Waals surface area contributed by atoms with E-state index in [0.717, 1.165) is 32.1 Å². The summed E-state index contributed by atoms with van der Waals surface area (Å²) in [5.74, 6) is -0.759. The highest BCUT2D eigenvalue weighted by Gasteiger charge is 2.33. The molecule has 0 aromatic heterocycles. The molecule has 0 saturated carbocycles. The molecule has 0 heterocycles. The van der Waals surface area contributed by atoms with Crippen LogP contribution in [0.15, 0.2) is 71.6 Å². The number of sulfonamides is 1. The number of nitrogens with zero attached hydrogens (tertiary/aromatic N) is 2. The number of hydrogen-bond acceptors (Lipinski definition) is 4. The molecule has 0 aliphatic carbocycles. The summed E-state index contributed by atoms with van der Waals surface area (Å²) in [5.41, 5.74) is 4.96. The first-order valence-electron chi connectivity index (χ1n) is 12.7. The lowest BCUT2D eigenvalue weighted by molar-refractivity contribution is -0.140. The third-order valence-electron chi connectivity index (χ3n) is 6.58. The van der Waals surface area contributed by atoms with E-state index >= 15 is 0 Å². The summed E-state index contributed by atoms with van der Waals surface area (Å²) in [6.45, 7) is 9.17. The average molecular weight is 536 g/mol. The van der Waals surface area contributed by atoms with E-state index in [-0.39, 0.29) is 17.3 Å². The molecule has 0 aliphatic rings. The molecule has 38 heavy (non-hydrogen) atoms. The van der Waals surface area contributed by atoms with Crippen LogP contribution in [-0.2, 0) is 26.2 Å². The molecule has 1 N–H and O–H groups in total. The van der Waals surface area contributed by atoms with Crippen LogP contribution in [-0.4, -0.2) is 44.8 Å². The molecule has 1 unspecified atom stereocenters. The van der Waals surface area contributed by atoms with E-state index in [0.29, 0.717) is 12.1 Å². The Balaban J connectivity index is 2.10. The van der Waals surface area contributed by atoms with Crippen molar-refractivity contribution in [3.05, 3.63) is 94.5 Å². The van der Waals surface area contributed by atoms with E-state index in [1.54, 1.807) is 30.3 Å². The van der Waals surface area contributed by atoms with Gasteiger partial charge in [-0.05, 0) is 63.4 Å². The van der Waals surface area contributed by atoms with Gasteiger partial charge in [0.25, 0.3) is 10.0 Å². The first-order chi connectivity index (χ1) is 18.0. The molecule has 3 rings (SSSR count). The minimum atomic E-state index is -4.09. The minimum Gasteiger partial charge on any atom is -0.357 e. The number of rotatable bonds is 10. The van der Waals surface area contributed by atoms with Crippen molar-refractivity contribution in [3.63, 3.8) is 0 Å². The highest BCUT2D eigenvalue weighted by molar-refractivity contribution is 7.92. The van der Waals surface area contributed by atoms with Crippen LogP contribution in [0.1, 0.15) is 41.2 Å². The predicted octanol–water partition coefficient (Wildman–Crippen LogP) is 4.67. The number of amides is 2. The maximum absolute atomic E-state index is 14.0. The summed E-state index contributed by atoms with van der Waals surface area (Å²) in [6.07, 6.45) is 0.380. The summed E-state index contributed by atoms with van der Waals surface area (Å²) >= 11 is 0. The smallest absolute Gasteiger partial charge is 0.264 e. The monoisotopic (exact) mass is 535 g/mol.